The van der Waals surface area contributed by atoms with Crippen molar-refractivity contribution in [3.05, 3.63) is 28.8 Å². The van der Waals surface area contributed by atoms with E-state index >= 15 is 0 Å². The largest absolute Gasteiger partial charge is 0.382 e. The molecule has 0 heterocycles. The Morgan fingerprint density at radius 1 is 1.39 bits per heavy atom. The van der Waals surface area contributed by atoms with Crippen LogP contribution in [-0.2, 0) is 0 Å². The number of amides is 1. The highest BCUT2D eigenvalue weighted by Crippen LogP contribution is 2.30. The Balaban J connectivity index is 2.13. The smallest absolute Gasteiger partial charge is 0.254 e. The Labute approximate surface area is 113 Å². The predicted molar refractivity (Wildman–Crippen MR) is 75.3 cm³/mol. The zero-order chi connectivity index (χ0) is 13.3. The van der Waals surface area contributed by atoms with E-state index in [0.29, 0.717) is 16.6 Å². The molecule has 0 aromatic heterocycles. The van der Waals surface area contributed by atoms with Gasteiger partial charge in [-0.2, -0.15) is 0 Å². The lowest BCUT2D eigenvalue weighted by Gasteiger charge is -2.34. The molecular formula is C14H19ClN2O. The first-order chi connectivity index (χ1) is 8.47. The van der Waals surface area contributed by atoms with Crippen molar-refractivity contribution >= 4 is 23.2 Å². The first-order valence-electron chi connectivity index (χ1n) is 6.25. The van der Waals surface area contributed by atoms with E-state index < -0.39 is 0 Å². The van der Waals surface area contributed by atoms with Crippen molar-refractivity contribution in [2.24, 2.45) is 5.92 Å². The van der Waals surface area contributed by atoms with Crippen molar-refractivity contribution in [3.8, 4) is 0 Å². The number of hydrogen-bond donors (Lipinski definition) is 1. The lowest BCUT2D eigenvalue weighted by atomic mass is 9.82. The van der Waals surface area contributed by atoms with Gasteiger partial charge in [-0.1, -0.05) is 18.5 Å². The molecule has 0 spiro atoms. The molecule has 0 atom stereocenters. The van der Waals surface area contributed by atoms with Gasteiger partial charge < -0.3 is 10.2 Å². The van der Waals surface area contributed by atoms with Crippen LogP contribution in [0, 0.1) is 5.92 Å². The number of rotatable bonds is 3. The maximum atomic E-state index is 12.0. The minimum atomic E-state index is -0.0642. The molecule has 0 bridgehead atoms. The number of halogens is 1. The average molecular weight is 267 g/mol. The second-order valence-corrected chi connectivity index (χ2v) is 5.72. The highest BCUT2D eigenvalue weighted by molar-refractivity contribution is 6.34. The minimum Gasteiger partial charge on any atom is -0.382 e. The number of hydrogen-bond acceptors (Lipinski definition) is 2. The maximum absolute atomic E-state index is 12.0. The first kappa shape index (κ1) is 13.2. The summed E-state index contributed by atoms with van der Waals surface area (Å²) in [4.78, 5) is 13.5. The second kappa shape index (κ2) is 5.19. The summed E-state index contributed by atoms with van der Waals surface area (Å²) in [5, 5.41) is 3.94. The van der Waals surface area contributed by atoms with Crippen LogP contribution in [0.25, 0.3) is 0 Å². The van der Waals surface area contributed by atoms with Crippen LogP contribution in [0.1, 0.15) is 30.1 Å². The molecule has 2 rings (SSSR count). The molecule has 1 aliphatic carbocycles. The summed E-state index contributed by atoms with van der Waals surface area (Å²) < 4.78 is 0. The molecule has 4 heteroatoms. The molecular weight excluding hydrogens is 248 g/mol. The van der Waals surface area contributed by atoms with Gasteiger partial charge in [0.2, 0.25) is 0 Å². The molecule has 18 heavy (non-hydrogen) atoms. The SMILES string of the molecule is CC1CC(Nc2ccc(Cl)c(C(=O)N(C)C)c2)C1. The van der Waals surface area contributed by atoms with E-state index in [4.69, 9.17) is 11.6 Å². The standard InChI is InChI=1S/C14H19ClN2O/c1-9-6-11(7-9)16-10-4-5-13(15)12(8-10)14(18)17(2)3/h4-5,8-9,11,16H,6-7H2,1-3H3. The van der Waals surface area contributed by atoms with Crippen molar-refractivity contribution in [3.63, 3.8) is 0 Å². The Hall–Kier alpha value is -1.22. The minimum absolute atomic E-state index is 0.0642. The van der Waals surface area contributed by atoms with Gasteiger partial charge >= 0.3 is 0 Å². The lowest BCUT2D eigenvalue weighted by Crippen LogP contribution is -2.33. The fourth-order valence-electron chi connectivity index (χ4n) is 2.28. The van der Waals surface area contributed by atoms with Crippen LogP contribution in [0.4, 0.5) is 5.69 Å². The third kappa shape index (κ3) is 2.78. The van der Waals surface area contributed by atoms with E-state index in [0.717, 1.165) is 11.6 Å². The first-order valence-corrected chi connectivity index (χ1v) is 6.63. The number of carbonyl (C=O) groups is 1. The third-order valence-electron chi connectivity index (χ3n) is 3.35. The Morgan fingerprint density at radius 2 is 2.06 bits per heavy atom. The second-order valence-electron chi connectivity index (χ2n) is 5.31. The molecule has 3 nitrogen and oxygen atoms in total. The molecule has 0 saturated heterocycles. The predicted octanol–water partition coefficient (Wildman–Crippen LogP) is 3.25. The summed E-state index contributed by atoms with van der Waals surface area (Å²) in [7, 11) is 3.46. The fourth-order valence-corrected chi connectivity index (χ4v) is 2.47. The topological polar surface area (TPSA) is 32.3 Å². The zero-order valence-corrected chi connectivity index (χ0v) is 11.8. The summed E-state index contributed by atoms with van der Waals surface area (Å²) in [6, 6.07) is 6.08. The van der Waals surface area contributed by atoms with Crippen LogP contribution in [-0.4, -0.2) is 30.9 Å². The van der Waals surface area contributed by atoms with E-state index in [1.807, 2.05) is 12.1 Å². The van der Waals surface area contributed by atoms with Gasteiger partial charge in [0.25, 0.3) is 5.91 Å². The summed E-state index contributed by atoms with van der Waals surface area (Å²) in [5.41, 5.74) is 1.53. The van der Waals surface area contributed by atoms with Crippen molar-refractivity contribution < 1.29 is 4.79 Å². The summed E-state index contributed by atoms with van der Waals surface area (Å²) in [6.45, 7) is 2.25. The summed E-state index contributed by atoms with van der Waals surface area (Å²) in [5.74, 6) is 0.739. The van der Waals surface area contributed by atoms with E-state index in [1.54, 1.807) is 20.2 Å². The van der Waals surface area contributed by atoms with E-state index in [-0.39, 0.29) is 5.91 Å². The molecule has 1 amide bonds. The zero-order valence-electron chi connectivity index (χ0n) is 11.0. The molecule has 0 radical (unpaired) electrons. The number of nitrogens with zero attached hydrogens (tertiary/aromatic N) is 1. The molecule has 98 valence electrons. The molecule has 1 saturated carbocycles. The molecule has 0 aliphatic heterocycles. The van der Waals surface area contributed by atoms with Crippen molar-refractivity contribution in [1.29, 1.82) is 0 Å². The van der Waals surface area contributed by atoms with Crippen molar-refractivity contribution in [1.82, 2.24) is 4.90 Å². The number of benzene rings is 1. The van der Waals surface area contributed by atoms with Crippen LogP contribution in [0.5, 0.6) is 0 Å². The highest BCUT2D eigenvalue weighted by Gasteiger charge is 2.25. The summed E-state index contributed by atoms with van der Waals surface area (Å²) in [6.07, 6.45) is 2.39. The highest BCUT2D eigenvalue weighted by atomic mass is 35.5. The molecule has 1 aromatic rings. The van der Waals surface area contributed by atoms with E-state index in [2.05, 4.69) is 12.2 Å². The van der Waals surface area contributed by atoms with Crippen LogP contribution < -0.4 is 5.32 Å². The van der Waals surface area contributed by atoms with Crippen LogP contribution in [0.3, 0.4) is 0 Å². The van der Waals surface area contributed by atoms with Gasteiger partial charge in [-0.25, -0.2) is 0 Å². The van der Waals surface area contributed by atoms with Gasteiger partial charge in [-0.05, 0) is 37.0 Å². The average Bonchev–Trinajstić information content (AvgIpc) is 2.28. The molecule has 1 N–H and O–H groups in total. The Morgan fingerprint density at radius 3 is 2.61 bits per heavy atom. The molecule has 1 aliphatic rings. The molecule has 1 fully saturated rings. The van der Waals surface area contributed by atoms with Crippen molar-refractivity contribution in [2.75, 3.05) is 19.4 Å². The Kier molecular flexibility index (Phi) is 3.81. The van der Waals surface area contributed by atoms with Gasteiger partial charge in [0.15, 0.2) is 0 Å². The van der Waals surface area contributed by atoms with E-state index in [1.165, 1.54) is 17.7 Å². The van der Waals surface area contributed by atoms with Gasteiger partial charge in [-0.15, -0.1) is 0 Å². The van der Waals surface area contributed by atoms with Crippen LogP contribution in [0.2, 0.25) is 5.02 Å². The van der Waals surface area contributed by atoms with Crippen molar-refractivity contribution in [2.45, 2.75) is 25.8 Å². The number of anilines is 1. The monoisotopic (exact) mass is 266 g/mol. The summed E-state index contributed by atoms with van der Waals surface area (Å²) >= 11 is 6.07. The van der Waals surface area contributed by atoms with E-state index in [9.17, 15) is 4.79 Å². The fraction of sp³-hybridized carbons (Fsp3) is 0.500. The number of nitrogens with one attached hydrogen (secondary N) is 1. The van der Waals surface area contributed by atoms with Crippen LogP contribution in [0.15, 0.2) is 18.2 Å². The van der Waals surface area contributed by atoms with Gasteiger partial charge in [0.1, 0.15) is 0 Å². The van der Waals surface area contributed by atoms with Gasteiger partial charge in [0.05, 0.1) is 10.6 Å². The maximum Gasteiger partial charge on any atom is 0.254 e. The Bertz CT molecular complexity index is 453. The quantitative estimate of drug-likeness (QED) is 0.911. The molecule has 0 unspecified atom stereocenters. The molecule has 1 aromatic carbocycles. The number of carbonyl (C=O) groups excluding carboxylic acids is 1. The third-order valence-corrected chi connectivity index (χ3v) is 3.68. The normalized spacial score (nSPS) is 22.2. The lowest BCUT2D eigenvalue weighted by molar-refractivity contribution is 0.0828. The van der Waals surface area contributed by atoms with Gasteiger partial charge in [-0.3, -0.25) is 4.79 Å². The van der Waals surface area contributed by atoms with Crippen LogP contribution >= 0.6 is 11.6 Å². The van der Waals surface area contributed by atoms with Gasteiger partial charge in [0, 0.05) is 25.8 Å².